The average Bonchev–Trinajstić information content (AvgIpc) is 3.16. The van der Waals surface area contributed by atoms with Gasteiger partial charge in [0, 0.05) is 23.9 Å². The highest BCUT2D eigenvalue weighted by Gasteiger charge is 2.09. The van der Waals surface area contributed by atoms with Crippen molar-refractivity contribution in [3.63, 3.8) is 0 Å². The third-order valence-electron chi connectivity index (χ3n) is 3.12. The molecule has 3 rings (SSSR count). The zero-order chi connectivity index (χ0) is 14.7. The number of aromatic nitrogens is 2. The summed E-state index contributed by atoms with van der Waals surface area (Å²) in [6, 6.07) is 8.84. The van der Waals surface area contributed by atoms with Crippen molar-refractivity contribution in [2.75, 3.05) is 12.4 Å². The number of thiophene rings is 1. The van der Waals surface area contributed by atoms with Gasteiger partial charge in [0.1, 0.15) is 0 Å². The van der Waals surface area contributed by atoms with Crippen LogP contribution in [0.1, 0.15) is 5.56 Å². The first-order valence-electron chi connectivity index (χ1n) is 6.41. The first kappa shape index (κ1) is 13.6. The Bertz CT molecular complexity index is 724. The van der Waals surface area contributed by atoms with E-state index in [-0.39, 0.29) is 11.6 Å². The topological polar surface area (TPSA) is 49.9 Å². The van der Waals surface area contributed by atoms with Crippen molar-refractivity contribution in [1.29, 1.82) is 0 Å². The molecule has 0 fully saturated rings. The van der Waals surface area contributed by atoms with Crippen molar-refractivity contribution < 1.29 is 9.13 Å². The Labute approximate surface area is 125 Å². The van der Waals surface area contributed by atoms with Crippen LogP contribution in [0.5, 0.6) is 5.75 Å². The molecule has 0 amide bonds. The van der Waals surface area contributed by atoms with E-state index in [1.54, 1.807) is 29.7 Å². The van der Waals surface area contributed by atoms with E-state index >= 15 is 0 Å². The van der Waals surface area contributed by atoms with Gasteiger partial charge in [-0.2, -0.15) is 5.10 Å². The molecule has 0 bridgehead atoms. The Balaban J connectivity index is 1.74. The van der Waals surface area contributed by atoms with Crippen LogP contribution in [0.4, 0.5) is 10.1 Å². The van der Waals surface area contributed by atoms with Crippen molar-refractivity contribution in [3.05, 3.63) is 53.3 Å². The lowest BCUT2D eigenvalue weighted by molar-refractivity contribution is 0.386. The van der Waals surface area contributed by atoms with Crippen LogP contribution in [-0.4, -0.2) is 17.3 Å². The fourth-order valence-corrected chi connectivity index (χ4v) is 2.81. The van der Waals surface area contributed by atoms with Crippen molar-refractivity contribution in [2.24, 2.45) is 0 Å². The number of nitrogens with one attached hydrogen (secondary N) is 2. The summed E-state index contributed by atoms with van der Waals surface area (Å²) < 4.78 is 18.5. The molecule has 0 spiro atoms. The molecule has 2 heterocycles. The van der Waals surface area contributed by atoms with Crippen molar-refractivity contribution in [3.8, 4) is 16.3 Å². The smallest absolute Gasteiger partial charge is 0.167 e. The molecule has 1 aromatic carbocycles. The maximum absolute atomic E-state index is 13.6. The number of aromatic amines is 1. The van der Waals surface area contributed by atoms with Gasteiger partial charge < -0.3 is 10.1 Å². The molecule has 0 aliphatic heterocycles. The number of H-pyrrole nitrogens is 1. The Morgan fingerprint density at radius 1 is 1.38 bits per heavy atom. The highest BCUT2D eigenvalue weighted by atomic mass is 32.1. The van der Waals surface area contributed by atoms with Gasteiger partial charge in [-0.3, -0.25) is 5.10 Å². The van der Waals surface area contributed by atoms with Crippen LogP contribution in [0.25, 0.3) is 10.6 Å². The van der Waals surface area contributed by atoms with Crippen molar-refractivity contribution in [1.82, 2.24) is 10.2 Å². The molecule has 0 aliphatic rings. The van der Waals surface area contributed by atoms with E-state index in [1.807, 2.05) is 17.5 Å². The molecule has 4 nitrogen and oxygen atoms in total. The summed E-state index contributed by atoms with van der Waals surface area (Å²) in [7, 11) is 1.45. The third-order valence-corrected chi connectivity index (χ3v) is 4.01. The number of hydrogen-bond donors (Lipinski definition) is 2. The molecular weight excluding hydrogens is 289 g/mol. The minimum Gasteiger partial charge on any atom is -0.494 e. The second-order valence-corrected chi connectivity index (χ2v) is 5.40. The summed E-state index contributed by atoms with van der Waals surface area (Å²) in [5, 5.41) is 12.3. The highest BCUT2D eigenvalue weighted by molar-refractivity contribution is 7.13. The molecule has 2 N–H and O–H groups in total. The Hall–Kier alpha value is -2.34. The monoisotopic (exact) mass is 303 g/mol. The number of rotatable bonds is 5. The number of anilines is 1. The summed E-state index contributed by atoms with van der Waals surface area (Å²) in [4.78, 5) is 1.13. The fourth-order valence-electron chi connectivity index (χ4n) is 2.05. The summed E-state index contributed by atoms with van der Waals surface area (Å²) in [6.07, 6.45) is 1.78. The lowest BCUT2D eigenvalue weighted by atomic mass is 10.2. The largest absolute Gasteiger partial charge is 0.494 e. The van der Waals surface area contributed by atoms with Gasteiger partial charge in [0.2, 0.25) is 0 Å². The lowest BCUT2D eigenvalue weighted by Crippen LogP contribution is -2.00. The predicted octanol–water partition coefficient (Wildman–Crippen LogP) is 3.90. The highest BCUT2D eigenvalue weighted by Crippen LogP contribution is 2.27. The number of nitrogens with zero attached hydrogens (tertiary/aromatic N) is 1. The number of hydrogen-bond acceptors (Lipinski definition) is 4. The summed E-state index contributed by atoms with van der Waals surface area (Å²) in [6.45, 7) is 0.565. The minimum atomic E-state index is -0.381. The van der Waals surface area contributed by atoms with E-state index in [0.717, 1.165) is 16.1 Å². The summed E-state index contributed by atoms with van der Waals surface area (Å²) in [5.41, 5.74) is 2.73. The minimum absolute atomic E-state index is 0.239. The average molecular weight is 303 g/mol. The molecule has 0 saturated heterocycles. The van der Waals surface area contributed by atoms with Crippen molar-refractivity contribution >= 4 is 17.0 Å². The second-order valence-electron chi connectivity index (χ2n) is 4.45. The molecule has 0 saturated carbocycles. The van der Waals surface area contributed by atoms with Crippen LogP contribution in [0.15, 0.2) is 41.9 Å². The molecule has 21 heavy (non-hydrogen) atoms. The first-order chi connectivity index (χ1) is 10.3. The quantitative estimate of drug-likeness (QED) is 0.751. The van der Waals surface area contributed by atoms with E-state index in [0.29, 0.717) is 12.2 Å². The predicted molar refractivity (Wildman–Crippen MR) is 82.2 cm³/mol. The van der Waals surface area contributed by atoms with Gasteiger partial charge in [0.15, 0.2) is 11.6 Å². The zero-order valence-corrected chi connectivity index (χ0v) is 12.2. The van der Waals surface area contributed by atoms with Gasteiger partial charge in [-0.1, -0.05) is 6.07 Å². The van der Waals surface area contributed by atoms with Gasteiger partial charge in [0.25, 0.3) is 0 Å². The van der Waals surface area contributed by atoms with Crippen LogP contribution in [0.2, 0.25) is 0 Å². The Kier molecular flexibility index (Phi) is 3.87. The standard InChI is InChI=1S/C15H14FN3OS/c1-20-13-5-4-11(7-12(13)16)17-8-10-9-18-19-15(10)14-3-2-6-21-14/h2-7,9,17H,8H2,1H3,(H,18,19). The Morgan fingerprint density at radius 3 is 3.00 bits per heavy atom. The second kappa shape index (κ2) is 5.97. The van der Waals surface area contributed by atoms with Crippen LogP contribution in [0.3, 0.4) is 0 Å². The number of benzene rings is 1. The maximum Gasteiger partial charge on any atom is 0.167 e. The molecule has 0 radical (unpaired) electrons. The van der Waals surface area contributed by atoms with Gasteiger partial charge in [-0.15, -0.1) is 11.3 Å². The van der Waals surface area contributed by atoms with E-state index < -0.39 is 0 Å². The fraction of sp³-hybridized carbons (Fsp3) is 0.133. The molecule has 2 aromatic heterocycles. The summed E-state index contributed by atoms with van der Waals surface area (Å²) >= 11 is 1.65. The van der Waals surface area contributed by atoms with Crippen LogP contribution < -0.4 is 10.1 Å². The van der Waals surface area contributed by atoms with E-state index in [2.05, 4.69) is 15.5 Å². The van der Waals surface area contributed by atoms with E-state index in [9.17, 15) is 4.39 Å². The van der Waals surface area contributed by atoms with Gasteiger partial charge in [-0.05, 0) is 23.6 Å². The molecule has 0 aliphatic carbocycles. The zero-order valence-electron chi connectivity index (χ0n) is 11.4. The number of halogens is 1. The molecule has 0 atom stereocenters. The number of ether oxygens (including phenoxy) is 1. The molecule has 108 valence electrons. The Morgan fingerprint density at radius 2 is 2.29 bits per heavy atom. The van der Waals surface area contributed by atoms with E-state index in [4.69, 9.17) is 4.74 Å². The SMILES string of the molecule is COc1ccc(NCc2cn[nH]c2-c2cccs2)cc1F. The van der Waals surface area contributed by atoms with Gasteiger partial charge >= 0.3 is 0 Å². The summed E-state index contributed by atoms with van der Waals surface area (Å²) in [5.74, 6) is -0.142. The van der Waals surface area contributed by atoms with Gasteiger partial charge in [-0.25, -0.2) is 4.39 Å². The van der Waals surface area contributed by atoms with Gasteiger partial charge in [0.05, 0.1) is 23.9 Å². The molecule has 3 aromatic rings. The third kappa shape index (κ3) is 2.90. The van der Waals surface area contributed by atoms with Crippen LogP contribution >= 0.6 is 11.3 Å². The van der Waals surface area contributed by atoms with E-state index in [1.165, 1.54) is 13.2 Å². The number of methoxy groups -OCH3 is 1. The molecular formula is C15H14FN3OS. The molecule has 0 unspecified atom stereocenters. The normalized spacial score (nSPS) is 10.6. The van der Waals surface area contributed by atoms with Crippen LogP contribution in [0, 0.1) is 5.82 Å². The lowest BCUT2D eigenvalue weighted by Gasteiger charge is -2.08. The maximum atomic E-state index is 13.6. The van der Waals surface area contributed by atoms with Crippen LogP contribution in [-0.2, 0) is 6.54 Å². The first-order valence-corrected chi connectivity index (χ1v) is 7.29. The molecule has 6 heteroatoms. The van der Waals surface area contributed by atoms with Crippen molar-refractivity contribution in [2.45, 2.75) is 6.54 Å².